The summed E-state index contributed by atoms with van der Waals surface area (Å²) in [6.07, 6.45) is 11.6. The van der Waals surface area contributed by atoms with Gasteiger partial charge in [-0.05, 0) is 36.4 Å². The second-order valence-electron chi connectivity index (χ2n) is 5.46. The minimum Gasteiger partial charge on any atom is -1.00 e. The molecule has 3 aromatic rings. The van der Waals surface area contributed by atoms with Gasteiger partial charge in [-0.1, -0.05) is 0 Å². The minimum atomic E-state index is -0.514. The Labute approximate surface area is 227 Å². The van der Waals surface area contributed by atoms with Crippen molar-refractivity contribution in [2.45, 2.75) is 6.48 Å². The first-order chi connectivity index (χ1) is 15.6. The Morgan fingerprint density at radius 3 is 1.68 bits per heavy atom. The standard InChI is InChI=1S/C7H8N2O.C6H8N2.C5H6N2.C4H10O3.B.Na.H/c1-10-6-9-7-3-2-4-8-5-7;1-7-6-3-2-4-8-5-6;6-5-2-1-3-7-4-5;1-5-4(6-2)7-3;;;/h2-6H,1H3;2-5,7H,1H3;1-4H,6H2;4H,1-3H3;;;/q;;;;;+1;-1. The van der Waals surface area contributed by atoms with Gasteiger partial charge in [-0.3, -0.25) is 15.0 Å². The van der Waals surface area contributed by atoms with Crippen LogP contribution in [0.4, 0.5) is 17.1 Å². The van der Waals surface area contributed by atoms with E-state index in [0.717, 1.165) is 11.4 Å². The average Bonchev–Trinajstić information content (AvgIpc) is 2.87. The first kappa shape index (κ1) is 36.0. The van der Waals surface area contributed by atoms with Gasteiger partial charge in [0.05, 0.1) is 30.4 Å². The van der Waals surface area contributed by atoms with E-state index in [4.69, 9.17) is 5.73 Å². The second-order valence-corrected chi connectivity index (χ2v) is 5.46. The summed E-state index contributed by atoms with van der Waals surface area (Å²) in [4.78, 5) is 15.4. The number of pyridine rings is 3. The van der Waals surface area contributed by atoms with Crippen molar-refractivity contribution in [3.8, 4) is 0 Å². The fourth-order valence-electron chi connectivity index (χ4n) is 1.72. The van der Waals surface area contributed by atoms with E-state index in [1.807, 2.05) is 31.3 Å². The Hall–Kier alpha value is -2.54. The van der Waals surface area contributed by atoms with Crippen LogP contribution in [0.5, 0.6) is 0 Å². The number of aromatic nitrogens is 3. The van der Waals surface area contributed by atoms with E-state index >= 15 is 0 Å². The molecule has 0 unspecified atom stereocenters. The first-order valence-electron chi connectivity index (χ1n) is 9.38. The van der Waals surface area contributed by atoms with Gasteiger partial charge in [0.1, 0.15) is 0 Å². The quantitative estimate of drug-likeness (QED) is 0.219. The molecule has 0 spiro atoms. The SMILES string of the molecule is CNc1cccnc1.COC(OC)OC.COC=Nc1cccnc1.Nc1cccnc1.[B].[H-].[Na+]. The van der Waals surface area contributed by atoms with Crippen molar-refractivity contribution in [2.75, 3.05) is 46.5 Å². The second kappa shape index (κ2) is 26.7. The van der Waals surface area contributed by atoms with Crippen LogP contribution in [0, 0.1) is 0 Å². The third-order valence-corrected chi connectivity index (χ3v) is 3.17. The number of nitrogens with one attached hydrogen (secondary N) is 1. The Balaban J connectivity index is -0.000000180. The van der Waals surface area contributed by atoms with Crippen LogP contribution in [0.3, 0.4) is 0 Å². The van der Waals surface area contributed by atoms with E-state index in [2.05, 4.69) is 44.2 Å². The molecular formula is C22H33BN6NaO4. The summed E-state index contributed by atoms with van der Waals surface area (Å²) in [5.41, 5.74) is 7.85. The van der Waals surface area contributed by atoms with E-state index in [-0.39, 0.29) is 39.4 Å². The number of hydrogen-bond acceptors (Lipinski definition) is 10. The maximum atomic E-state index is 5.30. The molecule has 0 atom stereocenters. The van der Waals surface area contributed by atoms with Crippen LogP contribution < -0.4 is 40.6 Å². The number of nitrogens with zero attached hydrogens (tertiary/aromatic N) is 4. The van der Waals surface area contributed by atoms with E-state index in [9.17, 15) is 0 Å². The molecule has 3 radical (unpaired) electrons. The zero-order valence-electron chi connectivity index (χ0n) is 21.7. The van der Waals surface area contributed by atoms with Crippen molar-refractivity contribution in [3.05, 3.63) is 73.6 Å². The average molecular weight is 479 g/mol. The number of nitrogens with two attached hydrogens (primary N) is 1. The number of methoxy groups -OCH3 is 4. The van der Waals surface area contributed by atoms with E-state index in [0.29, 0.717) is 5.69 Å². The Morgan fingerprint density at radius 1 is 0.882 bits per heavy atom. The van der Waals surface area contributed by atoms with Crippen molar-refractivity contribution >= 4 is 31.9 Å². The molecule has 34 heavy (non-hydrogen) atoms. The van der Waals surface area contributed by atoms with Crippen molar-refractivity contribution < 1.29 is 49.9 Å². The molecule has 0 aliphatic rings. The molecule has 0 saturated carbocycles. The summed E-state index contributed by atoms with van der Waals surface area (Å²) in [5.74, 6) is 0. The van der Waals surface area contributed by atoms with Crippen LogP contribution >= 0.6 is 0 Å². The van der Waals surface area contributed by atoms with Crippen LogP contribution in [0.15, 0.2) is 78.6 Å². The third-order valence-electron chi connectivity index (χ3n) is 3.17. The Morgan fingerprint density at radius 2 is 1.41 bits per heavy atom. The van der Waals surface area contributed by atoms with Gasteiger partial charge >= 0.3 is 29.6 Å². The molecule has 10 nitrogen and oxygen atoms in total. The molecule has 0 aliphatic heterocycles. The van der Waals surface area contributed by atoms with E-state index < -0.39 is 6.48 Å². The molecule has 0 aromatic carbocycles. The maximum Gasteiger partial charge on any atom is 1.00 e. The topological polar surface area (TPSA) is 126 Å². The number of aliphatic imine (C=N–C) groups is 1. The summed E-state index contributed by atoms with van der Waals surface area (Å²) in [5, 5.41) is 2.96. The Bertz CT molecular complexity index is 805. The largest absolute Gasteiger partial charge is 1.00 e. The van der Waals surface area contributed by atoms with Crippen LogP contribution in [-0.2, 0) is 18.9 Å². The fourth-order valence-corrected chi connectivity index (χ4v) is 1.72. The van der Waals surface area contributed by atoms with Gasteiger partial charge in [-0.15, -0.1) is 0 Å². The number of nitrogen functional groups attached to an aromatic ring is 1. The number of ether oxygens (including phenoxy) is 4. The van der Waals surface area contributed by atoms with E-state index in [1.54, 1.807) is 56.4 Å². The summed E-state index contributed by atoms with van der Waals surface area (Å²) >= 11 is 0. The molecule has 12 heteroatoms. The van der Waals surface area contributed by atoms with Gasteiger partial charge in [0, 0.05) is 67.8 Å². The molecule has 0 amide bonds. The molecule has 3 rings (SSSR count). The first-order valence-corrected chi connectivity index (χ1v) is 9.38. The fraction of sp³-hybridized carbons (Fsp3) is 0.273. The summed E-state index contributed by atoms with van der Waals surface area (Å²) in [6, 6.07) is 11.1. The molecule has 0 bridgehead atoms. The van der Waals surface area contributed by atoms with Gasteiger partial charge in [-0.25, -0.2) is 4.99 Å². The molecule has 179 valence electrons. The van der Waals surface area contributed by atoms with Gasteiger partial charge < -0.3 is 31.4 Å². The molecule has 3 N–H and O–H groups in total. The molecular weight excluding hydrogens is 446 g/mol. The normalized spacial score (nSPS) is 8.88. The molecule has 0 aliphatic carbocycles. The van der Waals surface area contributed by atoms with Gasteiger partial charge in [0.15, 0.2) is 6.40 Å². The number of rotatable bonds is 6. The van der Waals surface area contributed by atoms with Crippen LogP contribution in [0.25, 0.3) is 0 Å². The monoisotopic (exact) mass is 479 g/mol. The van der Waals surface area contributed by atoms with Crippen molar-refractivity contribution in [1.29, 1.82) is 0 Å². The predicted molar refractivity (Wildman–Crippen MR) is 134 cm³/mol. The van der Waals surface area contributed by atoms with Gasteiger partial charge in [0.2, 0.25) is 0 Å². The van der Waals surface area contributed by atoms with Crippen molar-refractivity contribution in [2.24, 2.45) is 4.99 Å². The zero-order chi connectivity index (χ0) is 23.9. The third kappa shape index (κ3) is 21.3. The summed E-state index contributed by atoms with van der Waals surface area (Å²) in [7, 11) is 7.96. The van der Waals surface area contributed by atoms with Crippen LogP contribution in [-0.4, -0.2) is 71.7 Å². The maximum absolute atomic E-state index is 5.30. The van der Waals surface area contributed by atoms with Crippen LogP contribution in [0.2, 0.25) is 0 Å². The number of hydrogen-bond donors (Lipinski definition) is 2. The number of anilines is 2. The summed E-state index contributed by atoms with van der Waals surface area (Å²) in [6.45, 7) is -0.514. The zero-order valence-corrected chi connectivity index (χ0v) is 22.7. The predicted octanol–water partition coefficient (Wildman–Crippen LogP) is 0.120. The van der Waals surface area contributed by atoms with Crippen LogP contribution in [0.1, 0.15) is 1.43 Å². The molecule has 3 aromatic heterocycles. The Kier molecular flexibility index (Phi) is 28.3. The van der Waals surface area contributed by atoms with E-state index in [1.165, 1.54) is 27.7 Å². The molecule has 3 heterocycles. The van der Waals surface area contributed by atoms with Gasteiger partial charge in [0.25, 0.3) is 6.48 Å². The smallest absolute Gasteiger partial charge is 1.00 e. The molecule has 0 fully saturated rings. The van der Waals surface area contributed by atoms with Crippen molar-refractivity contribution in [3.63, 3.8) is 0 Å². The molecule has 0 saturated heterocycles. The summed E-state index contributed by atoms with van der Waals surface area (Å²) < 4.78 is 18.4. The minimum absolute atomic E-state index is 0. The van der Waals surface area contributed by atoms with Crippen molar-refractivity contribution in [1.82, 2.24) is 15.0 Å². The van der Waals surface area contributed by atoms with Gasteiger partial charge in [-0.2, -0.15) is 0 Å².